The highest BCUT2D eigenvalue weighted by molar-refractivity contribution is 5.76. The monoisotopic (exact) mass is 270 g/mol. The normalized spacial score (nSPS) is 12.0. The molecular formula is C14H26N2O3. The Labute approximate surface area is 115 Å². The van der Waals surface area contributed by atoms with Crippen LogP contribution in [0.5, 0.6) is 0 Å². The van der Waals surface area contributed by atoms with Gasteiger partial charge in [-0.25, -0.2) is 4.79 Å². The number of amides is 2. The van der Waals surface area contributed by atoms with Crippen LogP contribution in [0.1, 0.15) is 40.0 Å². The van der Waals surface area contributed by atoms with Gasteiger partial charge in [0.1, 0.15) is 0 Å². The van der Waals surface area contributed by atoms with E-state index in [2.05, 4.69) is 11.9 Å². The molecule has 0 radical (unpaired) electrons. The van der Waals surface area contributed by atoms with Crippen molar-refractivity contribution in [2.75, 3.05) is 13.1 Å². The quantitative estimate of drug-likeness (QED) is 0.499. The lowest BCUT2D eigenvalue weighted by Crippen LogP contribution is -2.39. The van der Waals surface area contributed by atoms with Gasteiger partial charge in [0.05, 0.1) is 0 Å². The van der Waals surface area contributed by atoms with Crippen molar-refractivity contribution in [2.24, 2.45) is 5.92 Å². The van der Waals surface area contributed by atoms with Gasteiger partial charge in [-0.1, -0.05) is 13.0 Å². The zero-order valence-corrected chi connectivity index (χ0v) is 12.2. The Kier molecular flexibility index (Phi) is 8.66. The molecule has 0 aromatic carbocycles. The average Bonchev–Trinajstić information content (AvgIpc) is 2.31. The molecule has 0 aliphatic carbocycles. The van der Waals surface area contributed by atoms with Gasteiger partial charge in [-0.15, -0.1) is 6.58 Å². The van der Waals surface area contributed by atoms with Crippen molar-refractivity contribution in [1.82, 2.24) is 10.2 Å². The molecule has 0 saturated heterocycles. The van der Waals surface area contributed by atoms with Crippen LogP contribution in [0.25, 0.3) is 0 Å². The highest BCUT2D eigenvalue weighted by Crippen LogP contribution is 2.09. The van der Waals surface area contributed by atoms with Crippen LogP contribution in [0.15, 0.2) is 12.7 Å². The molecule has 0 spiro atoms. The third kappa shape index (κ3) is 8.24. The summed E-state index contributed by atoms with van der Waals surface area (Å²) in [6.45, 7) is 10.6. The molecule has 0 aliphatic heterocycles. The molecule has 5 heteroatoms. The minimum atomic E-state index is -1.05. The van der Waals surface area contributed by atoms with Crippen LogP contribution in [-0.2, 0) is 4.79 Å². The van der Waals surface area contributed by atoms with E-state index >= 15 is 0 Å². The minimum absolute atomic E-state index is 0.00394. The fourth-order valence-corrected chi connectivity index (χ4v) is 1.83. The van der Waals surface area contributed by atoms with Gasteiger partial charge in [-0.05, 0) is 32.6 Å². The zero-order valence-electron chi connectivity index (χ0n) is 12.2. The lowest BCUT2D eigenvalue weighted by molar-refractivity contribution is -0.133. The second-order valence-electron chi connectivity index (χ2n) is 5.11. The third-order valence-corrected chi connectivity index (χ3v) is 2.88. The first kappa shape index (κ1) is 17.5. The predicted molar refractivity (Wildman–Crippen MR) is 76.1 cm³/mol. The topological polar surface area (TPSA) is 69.6 Å². The van der Waals surface area contributed by atoms with E-state index in [9.17, 15) is 9.59 Å². The van der Waals surface area contributed by atoms with E-state index in [1.807, 2.05) is 31.7 Å². The van der Waals surface area contributed by atoms with E-state index in [1.165, 1.54) is 0 Å². The number of carbonyl (C=O) groups is 2. The number of hydrogen-bond donors (Lipinski definition) is 2. The number of carboxylic acid groups (broad SMARTS) is 1. The highest BCUT2D eigenvalue weighted by atomic mass is 16.4. The molecule has 0 aromatic heterocycles. The van der Waals surface area contributed by atoms with Gasteiger partial charge < -0.3 is 15.3 Å². The van der Waals surface area contributed by atoms with Gasteiger partial charge in [0.25, 0.3) is 0 Å². The summed E-state index contributed by atoms with van der Waals surface area (Å²) in [6.07, 6.45) is 2.97. The second kappa shape index (κ2) is 9.42. The van der Waals surface area contributed by atoms with Gasteiger partial charge in [-0.3, -0.25) is 4.79 Å². The zero-order chi connectivity index (χ0) is 14.8. The van der Waals surface area contributed by atoms with Gasteiger partial charge in [-0.2, -0.15) is 0 Å². The Morgan fingerprint density at radius 3 is 2.47 bits per heavy atom. The fraction of sp³-hybridized carbons (Fsp3) is 0.714. The minimum Gasteiger partial charge on any atom is -0.465 e. The maximum atomic E-state index is 12.2. The molecule has 2 amide bonds. The van der Waals surface area contributed by atoms with E-state index in [0.29, 0.717) is 13.0 Å². The summed E-state index contributed by atoms with van der Waals surface area (Å²) >= 11 is 0. The summed E-state index contributed by atoms with van der Waals surface area (Å²) < 4.78 is 0. The van der Waals surface area contributed by atoms with Crippen LogP contribution < -0.4 is 5.32 Å². The number of unbranched alkanes of at least 4 members (excludes halogenated alkanes) is 1. The number of carbonyl (C=O) groups excluding carboxylic acids is 1. The molecule has 0 fully saturated rings. The number of rotatable bonds is 9. The second-order valence-corrected chi connectivity index (χ2v) is 5.11. The summed E-state index contributed by atoms with van der Waals surface area (Å²) in [5.74, 6) is 0.0861. The van der Waals surface area contributed by atoms with Crippen molar-refractivity contribution in [3.8, 4) is 0 Å². The Morgan fingerprint density at radius 1 is 1.37 bits per heavy atom. The Balaban J connectivity index is 4.23. The van der Waals surface area contributed by atoms with E-state index in [0.717, 1.165) is 19.4 Å². The number of nitrogens with zero attached hydrogens (tertiary/aromatic N) is 1. The first-order chi connectivity index (χ1) is 8.88. The van der Waals surface area contributed by atoms with Crippen molar-refractivity contribution < 1.29 is 14.7 Å². The molecule has 0 heterocycles. The first-order valence-electron chi connectivity index (χ1n) is 6.75. The van der Waals surface area contributed by atoms with Gasteiger partial charge in [0.2, 0.25) is 5.91 Å². The Bertz CT molecular complexity index is 303. The molecule has 0 unspecified atom stereocenters. The standard InChI is InChI=1S/C14H26N2O3/c1-5-6-7-8-16(11(2)3)13(17)9-12(4)10-15-14(18)19/h5,11-12,15H,1,6-10H2,2-4H3,(H,18,19)/t12-/m0/s1. The first-order valence-corrected chi connectivity index (χ1v) is 6.75. The molecule has 0 saturated carbocycles. The van der Waals surface area contributed by atoms with Crippen molar-refractivity contribution >= 4 is 12.0 Å². The molecule has 2 N–H and O–H groups in total. The summed E-state index contributed by atoms with van der Waals surface area (Å²) in [6, 6.07) is 0.164. The van der Waals surface area contributed by atoms with Crippen LogP contribution in [0, 0.1) is 5.92 Å². The number of allylic oxidation sites excluding steroid dienone is 1. The molecule has 110 valence electrons. The maximum Gasteiger partial charge on any atom is 0.404 e. The molecule has 1 atom stereocenters. The Morgan fingerprint density at radius 2 is 2.00 bits per heavy atom. The molecule has 0 rings (SSSR count). The Hall–Kier alpha value is -1.52. The molecule has 19 heavy (non-hydrogen) atoms. The summed E-state index contributed by atoms with van der Waals surface area (Å²) in [7, 11) is 0. The highest BCUT2D eigenvalue weighted by Gasteiger charge is 2.19. The van der Waals surface area contributed by atoms with E-state index < -0.39 is 6.09 Å². The van der Waals surface area contributed by atoms with Crippen LogP contribution in [0.3, 0.4) is 0 Å². The SMILES string of the molecule is C=CCCCN(C(=O)C[C@H](C)CNC(=O)O)C(C)C. The van der Waals surface area contributed by atoms with Gasteiger partial charge in [0, 0.05) is 25.6 Å². The smallest absolute Gasteiger partial charge is 0.404 e. The molecule has 5 nitrogen and oxygen atoms in total. The van der Waals surface area contributed by atoms with Crippen LogP contribution in [0.2, 0.25) is 0 Å². The summed E-state index contributed by atoms with van der Waals surface area (Å²) in [5.41, 5.74) is 0. The molecule has 0 aromatic rings. The maximum absolute atomic E-state index is 12.2. The molecule has 0 aliphatic rings. The van der Waals surface area contributed by atoms with E-state index in [4.69, 9.17) is 5.11 Å². The van der Waals surface area contributed by atoms with Crippen LogP contribution in [-0.4, -0.2) is 41.1 Å². The fourth-order valence-electron chi connectivity index (χ4n) is 1.83. The lowest BCUT2D eigenvalue weighted by Gasteiger charge is -2.28. The van der Waals surface area contributed by atoms with Crippen molar-refractivity contribution in [3.63, 3.8) is 0 Å². The van der Waals surface area contributed by atoms with Crippen LogP contribution in [0.4, 0.5) is 4.79 Å². The van der Waals surface area contributed by atoms with E-state index in [-0.39, 0.29) is 17.9 Å². The number of hydrogen-bond acceptors (Lipinski definition) is 2. The van der Waals surface area contributed by atoms with Crippen molar-refractivity contribution in [3.05, 3.63) is 12.7 Å². The predicted octanol–water partition coefficient (Wildman–Crippen LogP) is 2.48. The lowest BCUT2D eigenvalue weighted by atomic mass is 10.1. The third-order valence-electron chi connectivity index (χ3n) is 2.88. The van der Waals surface area contributed by atoms with E-state index in [1.54, 1.807) is 0 Å². The van der Waals surface area contributed by atoms with Gasteiger partial charge >= 0.3 is 6.09 Å². The summed E-state index contributed by atoms with van der Waals surface area (Å²) in [5, 5.41) is 10.8. The van der Waals surface area contributed by atoms with Crippen LogP contribution >= 0.6 is 0 Å². The van der Waals surface area contributed by atoms with Crippen molar-refractivity contribution in [2.45, 2.75) is 46.1 Å². The van der Waals surface area contributed by atoms with Crippen molar-refractivity contribution in [1.29, 1.82) is 0 Å². The summed E-state index contributed by atoms with van der Waals surface area (Å²) in [4.78, 5) is 24.4. The number of nitrogens with one attached hydrogen (secondary N) is 1. The van der Waals surface area contributed by atoms with Gasteiger partial charge in [0.15, 0.2) is 0 Å². The molecule has 0 bridgehead atoms. The largest absolute Gasteiger partial charge is 0.465 e. The average molecular weight is 270 g/mol. The molecular weight excluding hydrogens is 244 g/mol.